The number of nitrogens with zero attached hydrogens (tertiary/aromatic N) is 1. The molecule has 6 heteroatoms. The highest BCUT2D eigenvalue weighted by Gasteiger charge is 2.42. The lowest BCUT2D eigenvalue weighted by molar-refractivity contribution is 0.262. The predicted molar refractivity (Wildman–Crippen MR) is 77.1 cm³/mol. The van der Waals surface area contributed by atoms with Gasteiger partial charge in [0, 0.05) is 18.6 Å². The quantitative estimate of drug-likeness (QED) is 0.765. The summed E-state index contributed by atoms with van der Waals surface area (Å²) in [5, 5.41) is 3.17. The minimum absolute atomic E-state index is 0.305. The molecule has 1 saturated carbocycles. The standard InChI is InChI=1S/C13H27N3O2S/c1-13(2,12-4-5-12)15-19(17,18)16-8-6-11(7-9-16)10-14-3/h11-12,14-15H,4-10H2,1-3H3. The van der Waals surface area contributed by atoms with Crippen LogP contribution in [-0.4, -0.2) is 44.9 Å². The third-order valence-electron chi connectivity index (χ3n) is 4.40. The lowest BCUT2D eigenvalue weighted by Gasteiger charge is -2.34. The Morgan fingerprint density at radius 1 is 1.16 bits per heavy atom. The summed E-state index contributed by atoms with van der Waals surface area (Å²) >= 11 is 0. The number of hydrogen-bond acceptors (Lipinski definition) is 3. The molecule has 5 nitrogen and oxygen atoms in total. The highest BCUT2D eigenvalue weighted by Crippen LogP contribution is 2.39. The van der Waals surface area contributed by atoms with E-state index in [0.717, 1.165) is 32.2 Å². The molecule has 1 heterocycles. The second kappa shape index (κ2) is 5.68. The Kier molecular flexibility index (Phi) is 4.55. The van der Waals surface area contributed by atoms with Crippen LogP contribution in [0.25, 0.3) is 0 Å². The van der Waals surface area contributed by atoms with Crippen molar-refractivity contribution in [3.05, 3.63) is 0 Å². The zero-order chi connectivity index (χ0) is 14.1. The van der Waals surface area contributed by atoms with Crippen LogP contribution in [0.5, 0.6) is 0 Å². The van der Waals surface area contributed by atoms with Crippen LogP contribution in [0.1, 0.15) is 39.5 Å². The van der Waals surface area contributed by atoms with E-state index >= 15 is 0 Å². The summed E-state index contributed by atoms with van der Waals surface area (Å²) in [7, 11) is -1.37. The summed E-state index contributed by atoms with van der Waals surface area (Å²) in [6.07, 6.45) is 4.18. The van der Waals surface area contributed by atoms with Gasteiger partial charge >= 0.3 is 0 Å². The van der Waals surface area contributed by atoms with Crippen LogP contribution in [0.3, 0.4) is 0 Å². The first-order valence-corrected chi connectivity index (χ1v) is 8.73. The first-order chi connectivity index (χ1) is 8.85. The van der Waals surface area contributed by atoms with Gasteiger partial charge in [0.25, 0.3) is 10.2 Å². The van der Waals surface area contributed by atoms with Gasteiger partial charge in [-0.3, -0.25) is 0 Å². The van der Waals surface area contributed by atoms with Gasteiger partial charge in [0.2, 0.25) is 0 Å². The van der Waals surface area contributed by atoms with Gasteiger partial charge in [-0.05, 0) is 65.0 Å². The highest BCUT2D eigenvalue weighted by molar-refractivity contribution is 7.87. The Hall–Kier alpha value is -0.170. The van der Waals surface area contributed by atoms with Crippen LogP contribution in [0.4, 0.5) is 0 Å². The van der Waals surface area contributed by atoms with E-state index in [1.165, 1.54) is 0 Å². The van der Waals surface area contributed by atoms with Gasteiger partial charge in [-0.1, -0.05) is 0 Å². The minimum atomic E-state index is -3.32. The molecule has 0 amide bonds. The smallest absolute Gasteiger partial charge is 0.279 e. The SMILES string of the molecule is CNCC1CCN(S(=O)(=O)NC(C)(C)C2CC2)CC1. The largest absolute Gasteiger partial charge is 0.319 e. The van der Waals surface area contributed by atoms with Gasteiger partial charge in [-0.15, -0.1) is 0 Å². The van der Waals surface area contributed by atoms with Gasteiger partial charge in [0.1, 0.15) is 0 Å². The first-order valence-electron chi connectivity index (χ1n) is 7.29. The second-order valence-corrected chi connectivity index (χ2v) is 8.17. The molecule has 0 aromatic rings. The molecular weight excluding hydrogens is 262 g/mol. The maximum atomic E-state index is 12.4. The van der Waals surface area contributed by atoms with Gasteiger partial charge in [-0.2, -0.15) is 17.4 Å². The van der Waals surface area contributed by atoms with E-state index in [1.807, 2.05) is 20.9 Å². The summed E-state index contributed by atoms with van der Waals surface area (Å²) in [5.74, 6) is 1.11. The maximum Gasteiger partial charge on any atom is 0.279 e. The third kappa shape index (κ3) is 3.90. The van der Waals surface area contributed by atoms with Crippen molar-refractivity contribution in [2.75, 3.05) is 26.7 Å². The Balaban J connectivity index is 1.90. The minimum Gasteiger partial charge on any atom is -0.319 e. The molecular formula is C13H27N3O2S. The third-order valence-corrected chi connectivity index (χ3v) is 6.23. The summed E-state index contributed by atoms with van der Waals surface area (Å²) in [4.78, 5) is 0. The van der Waals surface area contributed by atoms with Gasteiger partial charge in [0.15, 0.2) is 0 Å². The first kappa shape index (κ1) is 15.2. The molecule has 0 atom stereocenters. The summed E-state index contributed by atoms with van der Waals surface area (Å²) in [6.45, 7) is 6.26. The van der Waals surface area contributed by atoms with E-state index in [9.17, 15) is 8.42 Å². The number of nitrogens with one attached hydrogen (secondary N) is 2. The van der Waals surface area contributed by atoms with Crippen LogP contribution in [0.2, 0.25) is 0 Å². The molecule has 2 N–H and O–H groups in total. The van der Waals surface area contributed by atoms with E-state index in [0.29, 0.717) is 24.9 Å². The Morgan fingerprint density at radius 3 is 2.21 bits per heavy atom. The van der Waals surface area contributed by atoms with E-state index in [2.05, 4.69) is 10.0 Å². The molecule has 0 radical (unpaired) electrons. The highest BCUT2D eigenvalue weighted by atomic mass is 32.2. The lowest BCUT2D eigenvalue weighted by Crippen LogP contribution is -2.53. The van der Waals surface area contributed by atoms with Crippen molar-refractivity contribution in [2.24, 2.45) is 11.8 Å². The molecule has 0 spiro atoms. The fourth-order valence-electron chi connectivity index (χ4n) is 2.93. The normalized spacial score (nSPS) is 23.7. The summed E-state index contributed by atoms with van der Waals surface area (Å²) in [6, 6.07) is 0. The fourth-order valence-corrected chi connectivity index (χ4v) is 4.58. The Labute approximate surface area is 117 Å². The fraction of sp³-hybridized carbons (Fsp3) is 1.00. The molecule has 1 aliphatic heterocycles. The van der Waals surface area contributed by atoms with Crippen molar-refractivity contribution in [3.8, 4) is 0 Å². The number of piperidine rings is 1. The summed E-state index contributed by atoms with van der Waals surface area (Å²) < 4.78 is 29.3. The van der Waals surface area contributed by atoms with Crippen molar-refractivity contribution in [2.45, 2.75) is 45.1 Å². The van der Waals surface area contributed by atoms with Crippen molar-refractivity contribution in [1.29, 1.82) is 0 Å². The monoisotopic (exact) mass is 289 g/mol. The molecule has 0 aromatic carbocycles. The second-order valence-electron chi connectivity index (χ2n) is 6.50. The van der Waals surface area contributed by atoms with Crippen LogP contribution >= 0.6 is 0 Å². The topological polar surface area (TPSA) is 61.4 Å². The molecule has 0 unspecified atom stereocenters. The lowest BCUT2D eigenvalue weighted by atomic mass is 9.98. The van der Waals surface area contributed by atoms with Gasteiger partial charge < -0.3 is 5.32 Å². The van der Waals surface area contributed by atoms with Crippen LogP contribution in [-0.2, 0) is 10.2 Å². The molecule has 1 aliphatic carbocycles. The van der Waals surface area contributed by atoms with Crippen molar-refractivity contribution >= 4 is 10.2 Å². The predicted octanol–water partition coefficient (Wildman–Crippen LogP) is 0.941. The van der Waals surface area contributed by atoms with Crippen molar-refractivity contribution in [3.63, 3.8) is 0 Å². The average molecular weight is 289 g/mol. The Bertz CT molecular complexity index is 396. The van der Waals surface area contributed by atoms with Gasteiger partial charge in [0.05, 0.1) is 0 Å². The van der Waals surface area contributed by atoms with Crippen LogP contribution < -0.4 is 10.0 Å². The zero-order valence-corrected chi connectivity index (χ0v) is 13.1. The maximum absolute atomic E-state index is 12.4. The van der Waals surface area contributed by atoms with E-state index in [-0.39, 0.29) is 5.54 Å². The molecule has 0 bridgehead atoms. The number of hydrogen-bond donors (Lipinski definition) is 2. The van der Waals surface area contributed by atoms with Crippen LogP contribution in [0, 0.1) is 11.8 Å². The molecule has 2 fully saturated rings. The molecule has 2 aliphatic rings. The van der Waals surface area contributed by atoms with Crippen molar-refractivity contribution < 1.29 is 8.42 Å². The molecule has 2 rings (SSSR count). The van der Waals surface area contributed by atoms with E-state index < -0.39 is 10.2 Å². The van der Waals surface area contributed by atoms with E-state index in [1.54, 1.807) is 4.31 Å². The molecule has 1 saturated heterocycles. The van der Waals surface area contributed by atoms with Crippen molar-refractivity contribution in [1.82, 2.24) is 14.3 Å². The van der Waals surface area contributed by atoms with Gasteiger partial charge in [-0.25, -0.2) is 0 Å². The zero-order valence-electron chi connectivity index (χ0n) is 12.3. The summed E-state index contributed by atoms with van der Waals surface area (Å²) in [5.41, 5.74) is -0.305. The average Bonchev–Trinajstić information content (AvgIpc) is 3.12. The van der Waals surface area contributed by atoms with E-state index in [4.69, 9.17) is 0 Å². The number of rotatable bonds is 6. The molecule has 112 valence electrons. The molecule has 0 aromatic heterocycles. The van der Waals surface area contributed by atoms with Crippen LogP contribution in [0.15, 0.2) is 0 Å². The molecule has 19 heavy (non-hydrogen) atoms. The Morgan fingerprint density at radius 2 is 1.74 bits per heavy atom.